The van der Waals surface area contributed by atoms with E-state index in [4.69, 9.17) is 5.26 Å². The van der Waals surface area contributed by atoms with E-state index in [1.165, 1.54) is 18.4 Å². The van der Waals surface area contributed by atoms with E-state index in [-0.39, 0.29) is 0 Å². The quantitative estimate of drug-likeness (QED) is 0.793. The number of nitrogens with zero attached hydrogens (tertiary/aromatic N) is 1. The summed E-state index contributed by atoms with van der Waals surface area (Å²) in [4.78, 5) is 0. The summed E-state index contributed by atoms with van der Waals surface area (Å²) in [5.74, 6) is 0.739. The Morgan fingerprint density at radius 1 is 1.31 bits per heavy atom. The van der Waals surface area contributed by atoms with Gasteiger partial charge in [-0.3, -0.25) is 0 Å². The van der Waals surface area contributed by atoms with Gasteiger partial charge in [0.1, 0.15) is 0 Å². The number of rotatable bonds is 6. The fourth-order valence-corrected chi connectivity index (χ4v) is 1.75. The molecule has 0 bridgehead atoms. The zero-order valence-corrected chi connectivity index (χ0v) is 10.2. The van der Waals surface area contributed by atoms with Gasteiger partial charge in [-0.05, 0) is 36.6 Å². The molecular weight excluding hydrogens is 196 g/mol. The van der Waals surface area contributed by atoms with Gasteiger partial charge in [0.25, 0.3) is 0 Å². The lowest BCUT2D eigenvalue weighted by molar-refractivity contribution is 0.476. The molecule has 0 aliphatic carbocycles. The van der Waals surface area contributed by atoms with Gasteiger partial charge in [0.15, 0.2) is 0 Å². The van der Waals surface area contributed by atoms with E-state index in [2.05, 4.69) is 25.2 Å². The Morgan fingerprint density at radius 3 is 2.56 bits per heavy atom. The molecule has 86 valence electrons. The molecule has 0 saturated carbocycles. The van der Waals surface area contributed by atoms with Crippen LogP contribution in [0, 0.1) is 17.2 Å². The molecule has 1 unspecified atom stereocenters. The smallest absolute Gasteiger partial charge is 0.0991 e. The predicted molar refractivity (Wildman–Crippen MR) is 66.9 cm³/mol. The van der Waals surface area contributed by atoms with Crippen LogP contribution in [0.5, 0.6) is 0 Å². The van der Waals surface area contributed by atoms with Gasteiger partial charge in [-0.2, -0.15) is 5.26 Å². The van der Waals surface area contributed by atoms with Gasteiger partial charge in [-0.25, -0.2) is 0 Å². The number of benzene rings is 1. The van der Waals surface area contributed by atoms with Gasteiger partial charge < -0.3 is 5.32 Å². The lowest BCUT2D eigenvalue weighted by atomic mass is 10.1. The van der Waals surface area contributed by atoms with Crippen LogP contribution < -0.4 is 5.32 Å². The lowest BCUT2D eigenvalue weighted by Gasteiger charge is -2.11. The maximum atomic E-state index is 8.67. The molecule has 1 aromatic carbocycles. The van der Waals surface area contributed by atoms with E-state index >= 15 is 0 Å². The van der Waals surface area contributed by atoms with Crippen LogP contribution in [-0.2, 0) is 6.54 Å². The molecule has 1 N–H and O–H groups in total. The third-order valence-corrected chi connectivity index (χ3v) is 2.69. The summed E-state index contributed by atoms with van der Waals surface area (Å²) in [6.07, 6.45) is 2.53. The molecule has 0 aliphatic heterocycles. The van der Waals surface area contributed by atoms with Crippen molar-refractivity contribution in [2.45, 2.75) is 33.2 Å². The molecule has 0 fully saturated rings. The summed E-state index contributed by atoms with van der Waals surface area (Å²) in [6, 6.07) is 9.88. The van der Waals surface area contributed by atoms with E-state index < -0.39 is 0 Å². The van der Waals surface area contributed by atoms with Crippen LogP contribution >= 0.6 is 0 Å². The first-order valence-electron chi connectivity index (χ1n) is 5.96. The Kier molecular flexibility index (Phi) is 5.60. The Labute approximate surface area is 98.3 Å². The molecule has 16 heavy (non-hydrogen) atoms. The fourth-order valence-electron chi connectivity index (χ4n) is 1.75. The number of nitriles is 1. The van der Waals surface area contributed by atoms with Gasteiger partial charge in [0, 0.05) is 6.54 Å². The van der Waals surface area contributed by atoms with Crippen molar-refractivity contribution in [1.29, 1.82) is 5.26 Å². The van der Waals surface area contributed by atoms with Gasteiger partial charge in [0.05, 0.1) is 11.6 Å². The van der Waals surface area contributed by atoms with E-state index in [1.807, 2.05) is 24.3 Å². The third-order valence-electron chi connectivity index (χ3n) is 2.69. The topological polar surface area (TPSA) is 35.8 Å². The second-order valence-corrected chi connectivity index (χ2v) is 4.33. The molecule has 0 heterocycles. The minimum atomic E-state index is 0.725. The van der Waals surface area contributed by atoms with E-state index in [9.17, 15) is 0 Å². The summed E-state index contributed by atoms with van der Waals surface area (Å²) in [5, 5.41) is 12.1. The molecule has 2 heteroatoms. The molecule has 2 nitrogen and oxygen atoms in total. The molecule has 0 saturated heterocycles. The van der Waals surface area contributed by atoms with Crippen LogP contribution in [0.3, 0.4) is 0 Å². The van der Waals surface area contributed by atoms with Crippen LogP contribution in [0.2, 0.25) is 0 Å². The molecule has 1 aromatic rings. The minimum absolute atomic E-state index is 0.725. The van der Waals surface area contributed by atoms with Crippen molar-refractivity contribution in [1.82, 2.24) is 5.32 Å². The first kappa shape index (κ1) is 12.7. The monoisotopic (exact) mass is 216 g/mol. The molecule has 0 aliphatic rings. The van der Waals surface area contributed by atoms with Crippen LogP contribution in [0.25, 0.3) is 0 Å². The minimum Gasteiger partial charge on any atom is -0.312 e. The van der Waals surface area contributed by atoms with Gasteiger partial charge in [-0.15, -0.1) is 0 Å². The second kappa shape index (κ2) is 7.03. The van der Waals surface area contributed by atoms with Gasteiger partial charge in [0.2, 0.25) is 0 Å². The average molecular weight is 216 g/mol. The average Bonchev–Trinajstić information content (AvgIpc) is 2.30. The zero-order valence-electron chi connectivity index (χ0n) is 10.2. The van der Waals surface area contributed by atoms with E-state index in [0.717, 1.165) is 24.6 Å². The first-order valence-corrected chi connectivity index (χ1v) is 5.96. The molecular formula is C14H20N2. The maximum absolute atomic E-state index is 8.67. The number of hydrogen-bond donors (Lipinski definition) is 1. The first-order chi connectivity index (χ1) is 7.76. The van der Waals surface area contributed by atoms with Gasteiger partial charge in [-0.1, -0.05) is 32.4 Å². The number of hydrogen-bond acceptors (Lipinski definition) is 2. The normalized spacial score (nSPS) is 12.1. The van der Waals surface area contributed by atoms with Crippen molar-refractivity contribution in [3.63, 3.8) is 0 Å². The highest BCUT2D eigenvalue weighted by Crippen LogP contribution is 2.05. The highest BCUT2D eigenvalue weighted by Gasteiger charge is 1.99. The predicted octanol–water partition coefficient (Wildman–Crippen LogP) is 3.08. The Hall–Kier alpha value is -1.33. The van der Waals surface area contributed by atoms with Crippen molar-refractivity contribution in [2.75, 3.05) is 6.54 Å². The van der Waals surface area contributed by atoms with Crippen molar-refractivity contribution in [3.8, 4) is 6.07 Å². The lowest BCUT2D eigenvalue weighted by Crippen LogP contribution is -2.20. The van der Waals surface area contributed by atoms with Crippen molar-refractivity contribution >= 4 is 0 Å². The molecule has 1 atom stereocenters. The van der Waals surface area contributed by atoms with Crippen LogP contribution in [0.15, 0.2) is 24.3 Å². The molecule has 0 radical (unpaired) electrons. The van der Waals surface area contributed by atoms with Crippen LogP contribution in [-0.4, -0.2) is 6.54 Å². The molecule has 0 aromatic heterocycles. The molecule has 0 amide bonds. The largest absolute Gasteiger partial charge is 0.312 e. The summed E-state index contributed by atoms with van der Waals surface area (Å²) < 4.78 is 0. The van der Waals surface area contributed by atoms with Crippen molar-refractivity contribution in [2.24, 2.45) is 5.92 Å². The Morgan fingerprint density at radius 2 is 2.00 bits per heavy atom. The Bertz CT molecular complexity index is 335. The zero-order chi connectivity index (χ0) is 11.8. The van der Waals surface area contributed by atoms with Crippen LogP contribution in [0.1, 0.15) is 37.8 Å². The van der Waals surface area contributed by atoms with E-state index in [0.29, 0.717) is 0 Å². The van der Waals surface area contributed by atoms with Gasteiger partial charge >= 0.3 is 0 Å². The molecule has 0 spiro atoms. The van der Waals surface area contributed by atoms with Crippen molar-refractivity contribution < 1.29 is 0 Å². The highest BCUT2D eigenvalue weighted by atomic mass is 14.8. The standard InChI is InChI=1S/C14H20N2/c1-3-4-12(2)10-16-11-14-7-5-13(9-15)6-8-14/h5-8,12,16H,3-4,10-11H2,1-2H3. The highest BCUT2D eigenvalue weighted by molar-refractivity contribution is 5.31. The third kappa shape index (κ3) is 4.46. The number of nitrogens with one attached hydrogen (secondary N) is 1. The fraction of sp³-hybridized carbons (Fsp3) is 0.500. The second-order valence-electron chi connectivity index (χ2n) is 4.33. The Balaban J connectivity index is 2.29. The molecule has 1 rings (SSSR count). The summed E-state index contributed by atoms with van der Waals surface area (Å²) in [6.45, 7) is 6.44. The summed E-state index contributed by atoms with van der Waals surface area (Å²) >= 11 is 0. The summed E-state index contributed by atoms with van der Waals surface area (Å²) in [5.41, 5.74) is 1.96. The van der Waals surface area contributed by atoms with Crippen molar-refractivity contribution in [3.05, 3.63) is 35.4 Å². The summed E-state index contributed by atoms with van der Waals surface area (Å²) in [7, 11) is 0. The van der Waals surface area contributed by atoms with Crippen LogP contribution in [0.4, 0.5) is 0 Å². The van der Waals surface area contributed by atoms with E-state index in [1.54, 1.807) is 0 Å². The maximum Gasteiger partial charge on any atom is 0.0991 e. The SMILES string of the molecule is CCCC(C)CNCc1ccc(C#N)cc1.